The Labute approximate surface area is 78.1 Å². The largest absolute Gasteiger partial charge is 0.278 e. The molecule has 3 heteroatoms. The molecular weight excluding hydrogens is 251 g/mol. The van der Waals surface area contributed by atoms with Gasteiger partial charge in [0.15, 0.2) is 0 Å². The number of aromatic amines is 1. The van der Waals surface area contributed by atoms with Crippen LogP contribution in [0.4, 0.5) is 0 Å². The van der Waals surface area contributed by atoms with Crippen molar-refractivity contribution in [2.45, 2.75) is 6.92 Å². The molecule has 1 aromatic heterocycles. The maximum absolute atomic E-state index is 3.97. The van der Waals surface area contributed by atoms with E-state index in [1.807, 2.05) is 6.20 Å². The van der Waals surface area contributed by atoms with Crippen LogP contribution in [0.1, 0.15) is 5.56 Å². The molecule has 11 heavy (non-hydrogen) atoms. The lowest BCUT2D eigenvalue weighted by molar-refractivity contribution is 1.11. The van der Waals surface area contributed by atoms with Gasteiger partial charge in [-0.15, -0.1) is 0 Å². The highest BCUT2D eigenvalue weighted by Crippen LogP contribution is 2.20. The minimum Gasteiger partial charge on any atom is -0.278 e. The lowest BCUT2D eigenvalue weighted by Gasteiger charge is -1.97. The van der Waals surface area contributed by atoms with Crippen LogP contribution in [0.25, 0.3) is 10.9 Å². The highest BCUT2D eigenvalue weighted by Gasteiger charge is 2.00. The van der Waals surface area contributed by atoms with Gasteiger partial charge in [0.25, 0.3) is 0 Å². The number of rotatable bonds is 0. The average Bonchev–Trinajstić information content (AvgIpc) is 2.45. The van der Waals surface area contributed by atoms with E-state index in [0.717, 1.165) is 5.52 Å². The molecule has 1 aromatic carbocycles. The number of hydrogen-bond acceptors (Lipinski definition) is 1. The zero-order valence-electron chi connectivity index (χ0n) is 6.06. The Balaban J connectivity index is 2.93. The first-order chi connectivity index (χ1) is 5.29. The van der Waals surface area contributed by atoms with Gasteiger partial charge >= 0.3 is 0 Å². The molecule has 0 saturated carbocycles. The van der Waals surface area contributed by atoms with Gasteiger partial charge in [-0.2, -0.15) is 5.10 Å². The van der Waals surface area contributed by atoms with Crippen LogP contribution in [0, 0.1) is 10.5 Å². The first-order valence-electron chi connectivity index (χ1n) is 3.37. The predicted molar refractivity (Wildman–Crippen MR) is 53.5 cm³/mol. The van der Waals surface area contributed by atoms with E-state index in [1.54, 1.807) is 0 Å². The van der Waals surface area contributed by atoms with Gasteiger partial charge < -0.3 is 0 Å². The second-order valence-corrected chi connectivity index (χ2v) is 3.67. The lowest BCUT2D eigenvalue weighted by atomic mass is 10.2. The van der Waals surface area contributed by atoms with E-state index in [1.165, 1.54) is 14.5 Å². The Morgan fingerprint density at radius 1 is 1.45 bits per heavy atom. The minimum atomic E-state index is 1.15. The molecule has 0 bridgehead atoms. The third-order valence-corrected chi connectivity index (χ3v) is 2.98. The van der Waals surface area contributed by atoms with Crippen LogP contribution in [0.5, 0.6) is 0 Å². The number of halogens is 1. The summed E-state index contributed by atoms with van der Waals surface area (Å²) >= 11 is 2.32. The van der Waals surface area contributed by atoms with Crippen molar-refractivity contribution in [1.82, 2.24) is 10.2 Å². The number of benzene rings is 1. The zero-order valence-corrected chi connectivity index (χ0v) is 8.21. The van der Waals surface area contributed by atoms with Crippen molar-refractivity contribution in [3.63, 3.8) is 0 Å². The summed E-state index contributed by atoms with van der Waals surface area (Å²) in [4.78, 5) is 0. The summed E-state index contributed by atoms with van der Waals surface area (Å²) in [5, 5.41) is 8.13. The van der Waals surface area contributed by atoms with Gasteiger partial charge in [-0.1, -0.05) is 6.07 Å². The van der Waals surface area contributed by atoms with Gasteiger partial charge in [0.2, 0.25) is 0 Å². The van der Waals surface area contributed by atoms with Crippen molar-refractivity contribution in [2.24, 2.45) is 0 Å². The quantitative estimate of drug-likeness (QED) is 0.722. The Morgan fingerprint density at radius 3 is 3.09 bits per heavy atom. The number of H-pyrrole nitrogens is 1. The summed E-state index contributed by atoms with van der Waals surface area (Å²) < 4.78 is 1.28. The molecule has 0 atom stereocenters. The molecule has 2 nitrogen and oxygen atoms in total. The number of fused-ring (bicyclic) bond motifs is 1. The monoisotopic (exact) mass is 258 g/mol. The van der Waals surface area contributed by atoms with Gasteiger partial charge in [0.05, 0.1) is 11.7 Å². The fraction of sp³-hybridized carbons (Fsp3) is 0.125. The van der Waals surface area contributed by atoms with Crippen molar-refractivity contribution >= 4 is 33.5 Å². The molecular formula is C8H7IN2. The average molecular weight is 258 g/mol. The van der Waals surface area contributed by atoms with E-state index in [-0.39, 0.29) is 0 Å². The van der Waals surface area contributed by atoms with E-state index < -0.39 is 0 Å². The molecule has 1 N–H and O–H groups in total. The molecule has 1 heterocycles. The van der Waals surface area contributed by atoms with Gasteiger partial charge in [-0.25, -0.2) is 0 Å². The molecule has 0 spiro atoms. The standard InChI is InChI=1S/C8H7IN2/c1-5-7(9)3-2-6-4-10-11-8(5)6/h2-4H,1H3,(H,10,11). The Bertz CT molecular complexity index is 392. The number of hydrogen-bond donors (Lipinski definition) is 1. The molecule has 0 saturated heterocycles. The van der Waals surface area contributed by atoms with Crippen LogP contribution < -0.4 is 0 Å². The normalized spacial score (nSPS) is 10.7. The molecule has 0 fully saturated rings. The molecule has 0 radical (unpaired) electrons. The fourth-order valence-electron chi connectivity index (χ4n) is 1.13. The van der Waals surface area contributed by atoms with Crippen molar-refractivity contribution in [1.29, 1.82) is 0 Å². The van der Waals surface area contributed by atoms with Gasteiger partial charge in [-0.05, 0) is 41.1 Å². The molecule has 0 aliphatic carbocycles. The van der Waals surface area contributed by atoms with E-state index in [0.29, 0.717) is 0 Å². The smallest absolute Gasteiger partial charge is 0.0689 e. The van der Waals surface area contributed by atoms with Crippen molar-refractivity contribution in [2.75, 3.05) is 0 Å². The molecule has 0 aliphatic rings. The third kappa shape index (κ3) is 1.03. The summed E-state index contributed by atoms with van der Waals surface area (Å²) in [5.41, 5.74) is 2.43. The molecule has 0 amide bonds. The van der Waals surface area contributed by atoms with E-state index in [2.05, 4.69) is 51.8 Å². The topological polar surface area (TPSA) is 28.7 Å². The van der Waals surface area contributed by atoms with E-state index >= 15 is 0 Å². The Morgan fingerprint density at radius 2 is 2.27 bits per heavy atom. The minimum absolute atomic E-state index is 1.15. The van der Waals surface area contributed by atoms with Crippen LogP contribution in [-0.2, 0) is 0 Å². The molecule has 0 aliphatic heterocycles. The first-order valence-corrected chi connectivity index (χ1v) is 4.45. The van der Waals surface area contributed by atoms with Gasteiger partial charge in [0, 0.05) is 8.96 Å². The van der Waals surface area contributed by atoms with Crippen LogP contribution in [-0.4, -0.2) is 10.2 Å². The summed E-state index contributed by atoms with van der Waals surface area (Å²) in [7, 11) is 0. The van der Waals surface area contributed by atoms with E-state index in [4.69, 9.17) is 0 Å². The number of nitrogens with one attached hydrogen (secondary N) is 1. The van der Waals surface area contributed by atoms with Crippen LogP contribution >= 0.6 is 22.6 Å². The fourth-order valence-corrected chi connectivity index (χ4v) is 1.58. The molecule has 2 rings (SSSR count). The lowest BCUT2D eigenvalue weighted by Crippen LogP contribution is -1.80. The van der Waals surface area contributed by atoms with Crippen LogP contribution in [0.3, 0.4) is 0 Å². The summed E-state index contributed by atoms with van der Waals surface area (Å²) in [6.07, 6.45) is 1.85. The highest BCUT2D eigenvalue weighted by molar-refractivity contribution is 14.1. The summed E-state index contributed by atoms with van der Waals surface area (Å²) in [6.45, 7) is 2.10. The second-order valence-electron chi connectivity index (χ2n) is 2.51. The number of aryl methyl sites for hydroxylation is 1. The van der Waals surface area contributed by atoms with E-state index in [9.17, 15) is 0 Å². The van der Waals surface area contributed by atoms with Crippen molar-refractivity contribution < 1.29 is 0 Å². The summed E-state index contributed by atoms with van der Waals surface area (Å²) in [6, 6.07) is 4.18. The first kappa shape index (κ1) is 7.09. The van der Waals surface area contributed by atoms with Crippen molar-refractivity contribution in [3.8, 4) is 0 Å². The van der Waals surface area contributed by atoms with Crippen molar-refractivity contribution in [3.05, 3.63) is 27.5 Å². The third-order valence-electron chi connectivity index (χ3n) is 1.81. The molecule has 2 aromatic rings. The zero-order chi connectivity index (χ0) is 7.84. The maximum Gasteiger partial charge on any atom is 0.0689 e. The number of aromatic nitrogens is 2. The second kappa shape index (κ2) is 2.48. The Hall–Kier alpha value is -0.580. The summed E-state index contributed by atoms with van der Waals surface area (Å²) in [5.74, 6) is 0. The Kier molecular flexibility index (Phi) is 1.60. The SMILES string of the molecule is Cc1c(I)ccc2cn[nH]c12. The maximum atomic E-state index is 3.97. The number of nitrogens with zero attached hydrogens (tertiary/aromatic N) is 1. The van der Waals surface area contributed by atoms with Gasteiger partial charge in [-0.3, -0.25) is 5.10 Å². The molecule has 56 valence electrons. The predicted octanol–water partition coefficient (Wildman–Crippen LogP) is 2.48. The molecule has 0 unspecified atom stereocenters. The van der Waals surface area contributed by atoms with Gasteiger partial charge in [0.1, 0.15) is 0 Å². The van der Waals surface area contributed by atoms with Crippen LogP contribution in [0.15, 0.2) is 18.3 Å². The highest BCUT2D eigenvalue weighted by atomic mass is 127. The van der Waals surface area contributed by atoms with Crippen LogP contribution in [0.2, 0.25) is 0 Å².